The van der Waals surface area contributed by atoms with Crippen molar-refractivity contribution >= 4 is 12.0 Å². The molecule has 2 heterocycles. The van der Waals surface area contributed by atoms with Gasteiger partial charge in [0.25, 0.3) is 0 Å². The first kappa shape index (κ1) is 28.6. The summed E-state index contributed by atoms with van der Waals surface area (Å²) in [7, 11) is 3.26. The number of esters is 1. The number of allylic oxidation sites excluding steroid dienone is 1. The molecule has 2 aliphatic heterocycles. The number of ether oxygens (including phenoxy) is 7. The Balaban J connectivity index is 1.39. The van der Waals surface area contributed by atoms with Gasteiger partial charge in [-0.15, -0.1) is 0 Å². The lowest BCUT2D eigenvalue weighted by molar-refractivity contribution is -0.166. The van der Waals surface area contributed by atoms with Gasteiger partial charge in [0, 0.05) is 19.8 Å². The summed E-state index contributed by atoms with van der Waals surface area (Å²) in [6.07, 6.45) is 7.14. The Morgan fingerprint density at radius 1 is 1.18 bits per heavy atom. The zero-order valence-corrected chi connectivity index (χ0v) is 23.5. The third-order valence-corrected chi connectivity index (χ3v) is 7.79. The normalized spacial score (nSPS) is 31.7. The van der Waals surface area contributed by atoms with Crippen LogP contribution >= 0.6 is 0 Å². The average molecular weight is 531 g/mol. The second-order valence-electron chi connectivity index (χ2n) is 10.6. The van der Waals surface area contributed by atoms with Crippen molar-refractivity contribution in [3.8, 4) is 11.5 Å². The van der Waals surface area contributed by atoms with Crippen LogP contribution in [0.4, 0.5) is 0 Å². The molecule has 0 bridgehead atoms. The first-order chi connectivity index (χ1) is 18.3. The van der Waals surface area contributed by atoms with E-state index in [0.717, 1.165) is 18.4 Å². The lowest BCUT2D eigenvalue weighted by Crippen LogP contribution is -2.55. The molecule has 1 saturated carbocycles. The summed E-state index contributed by atoms with van der Waals surface area (Å²) in [6.45, 7) is 10.5. The zero-order valence-electron chi connectivity index (χ0n) is 23.5. The average Bonchev–Trinajstić information content (AvgIpc) is 3.82. The fraction of sp³-hybridized carbons (Fsp3) is 0.633. The van der Waals surface area contributed by atoms with E-state index in [0.29, 0.717) is 44.3 Å². The van der Waals surface area contributed by atoms with Gasteiger partial charge >= 0.3 is 5.97 Å². The largest absolute Gasteiger partial charge is 0.493 e. The van der Waals surface area contributed by atoms with Crippen molar-refractivity contribution < 1.29 is 38.0 Å². The van der Waals surface area contributed by atoms with Crippen LogP contribution in [0.5, 0.6) is 11.5 Å². The topological polar surface area (TPSA) is 88.3 Å². The third-order valence-electron chi connectivity index (χ3n) is 7.79. The number of carbonyl (C=O) groups is 1. The van der Waals surface area contributed by atoms with E-state index in [1.807, 2.05) is 25.1 Å². The Labute approximate surface area is 226 Å². The molecular weight excluding hydrogens is 488 g/mol. The van der Waals surface area contributed by atoms with Crippen LogP contribution < -0.4 is 9.47 Å². The zero-order chi connectivity index (χ0) is 27.3. The van der Waals surface area contributed by atoms with Gasteiger partial charge < -0.3 is 33.2 Å². The van der Waals surface area contributed by atoms with Gasteiger partial charge in [-0.1, -0.05) is 17.7 Å². The van der Waals surface area contributed by atoms with Crippen molar-refractivity contribution in [2.45, 2.75) is 76.5 Å². The van der Waals surface area contributed by atoms with Crippen molar-refractivity contribution in [2.24, 2.45) is 5.92 Å². The predicted octanol–water partition coefficient (Wildman–Crippen LogP) is 4.74. The molecule has 2 saturated heterocycles. The van der Waals surface area contributed by atoms with Gasteiger partial charge in [-0.05, 0) is 70.7 Å². The summed E-state index contributed by atoms with van der Waals surface area (Å²) in [5, 5.41) is 0. The summed E-state index contributed by atoms with van der Waals surface area (Å²) in [5.41, 5.74) is 1.45. The van der Waals surface area contributed by atoms with Crippen molar-refractivity contribution in [1.29, 1.82) is 0 Å². The van der Waals surface area contributed by atoms with Crippen LogP contribution in [-0.2, 0) is 28.5 Å². The molecule has 1 aliphatic carbocycles. The molecule has 8 nitrogen and oxygen atoms in total. The van der Waals surface area contributed by atoms with Crippen molar-refractivity contribution in [1.82, 2.24) is 0 Å². The van der Waals surface area contributed by atoms with Gasteiger partial charge in [0.05, 0.1) is 32.3 Å². The third kappa shape index (κ3) is 6.42. The molecule has 1 aromatic carbocycles. The standard InChI is InChI=1S/C30H42O8/c1-7-34-16-17-35-22-11-9-21(18-24(22)32-5)10-13-26(31)37-23-14-15-30(19-36-30)28(27(23)33-6)29(4)25(38-29)12-8-20(2)3/h8-11,13,18,23,25,27-28H,7,12,14-17,19H2,1-6H3/b13-10+/t23-,25?,27-,28?,29-,30+/m1/s1. The summed E-state index contributed by atoms with van der Waals surface area (Å²) >= 11 is 0. The maximum Gasteiger partial charge on any atom is 0.331 e. The second-order valence-corrected chi connectivity index (χ2v) is 10.6. The minimum absolute atomic E-state index is 0.00868. The first-order valence-electron chi connectivity index (χ1n) is 13.5. The van der Waals surface area contributed by atoms with Crippen LogP contribution in [0.3, 0.4) is 0 Å². The van der Waals surface area contributed by atoms with Crippen LogP contribution in [0.1, 0.15) is 52.5 Å². The molecule has 3 fully saturated rings. The van der Waals surface area contributed by atoms with Crippen LogP contribution in [-0.4, -0.2) is 76.1 Å². The number of hydrogen-bond acceptors (Lipinski definition) is 8. The van der Waals surface area contributed by atoms with Gasteiger partial charge in [0.1, 0.15) is 30.0 Å². The van der Waals surface area contributed by atoms with Gasteiger partial charge in [0.15, 0.2) is 11.5 Å². The Morgan fingerprint density at radius 3 is 2.63 bits per heavy atom. The molecule has 1 spiro atoms. The smallest absolute Gasteiger partial charge is 0.331 e. The fourth-order valence-electron chi connectivity index (χ4n) is 5.68. The molecule has 0 aromatic heterocycles. The molecular formula is C30H42O8. The van der Waals surface area contributed by atoms with Gasteiger partial charge in [-0.3, -0.25) is 0 Å². The fourth-order valence-corrected chi connectivity index (χ4v) is 5.68. The monoisotopic (exact) mass is 530 g/mol. The first-order valence-corrected chi connectivity index (χ1v) is 13.5. The van der Waals surface area contributed by atoms with Crippen LogP contribution in [0.25, 0.3) is 6.08 Å². The lowest BCUT2D eigenvalue weighted by Gasteiger charge is -2.42. The Morgan fingerprint density at radius 2 is 1.97 bits per heavy atom. The highest BCUT2D eigenvalue weighted by atomic mass is 16.6. The Kier molecular flexibility index (Phi) is 9.19. The number of epoxide rings is 2. The van der Waals surface area contributed by atoms with Crippen molar-refractivity contribution in [2.75, 3.05) is 40.6 Å². The predicted molar refractivity (Wildman–Crippen MR) is 143 cm³/mol. The Hall–Kier alpha value is -2.39. The van der Waals surface area contributed by atoms with E-state index >= 15 is 0 Å². The van der Waals surface area contributed by atoms with E-state index in [-0.39, 0.29) is 35.4 Å². The van der Waals surface area contributed by atoms with E-state index < -0.39 is 5.97 Å². The van der Waals surface area contributed by atoms with Crippen LogP contribution in [0.2, 0.25) is 0 Å². The lowest BCUT2D eigenvalue weighted by atomic mass is 9.68. The molecule has 38 heavy (non-hydrogen) atoms. The van der Waals surface area contributed by atoms with E-state index in [4.69, 9.17) is 33.2 Å². The second kappa shape index (κ2) is 12.2. The van der Waals surface area contributed by atoms with E-state index in [9.17, 15) is 4.79 Å². The highest BCUT2D eigenvalue weighted by Crippen LogP contribution is 2.59. The van der Waals surface area contributed by atoms with Gasteiger partial charge in [0.2, 0.25) is 0 Å². The van der Waals surface area contributed by atoms with Crippen LogP contribution in [0.15, 0.2) is 35.9 Å². The SMILES string of the molecule is CCOCCOc1ccc(/C=C/C(=O)O[C@@H]2CC[C@]3(CO3)C([C@]3(C)OC3CC=C(C)C)[C@@H]2OC)cc1OC. The molecule has 1 aromatic rings. The molecule has 3 aliphatic rings. The summed E-state index contributed by atoms with van der Waals surface area (Å²) in [6, 6.07) is 5.50. The molecule has 2 unspecified atom stereocenters. The van der Waals surface area contributed by atoms with Crippen molar-refractivity contribution in [3.63, 3.8) is 0 Å². The molecule has 0 radical (unpaired) electrons. The molecule has 210 valence electrons. The van der Waals surface area contributed by atoms with Crippen molar-refractivity contribution in [3.05, 3.63) is 41.5 Å². The summed E-state index contributed by atoms with van der Waals surface area (Å²) in [4.78, 5) is 12.9. The van der Waals surface area contributed by atoms with E-state index in [1.54, 1.807) is 20.3 Å². The maximum absolute atomic E-state index is 12.9. The minimum atomic E-state index is -0.414. The number of methoxy groups -OCH3 is 2. The number of carbonyl (C=O) groups excluding carboxylic acids is 1. The molecule has 4 rings (SSSR count). The minimum Gasteiger partial charge on any atom is -0.493 e. The quantitative estimate of drug-likeness (QED) is 0.119. The molecule has 6 atom stereocenters. The highest BCUT2D eigenvalue weighted by Gasteiger charge is 2.72. The van der Waals surface area contributed by atoms with E-state index in [2.05, 4.69) is 26.8 Å². The molecule has 0 N–H and O–H groups in total. The molecule has 8 heteroatoms. The maximum atomic E-state index is 12.9. The Bertz CT molecular complexity index is 1030. The van der Waals surface area contributed by atoms with Gasteiger partial charge in [-0.25, -0.2) is 4.79 Å². The number of benzene rings is 1. The van der Waals surface area contributed by atoms with E-state index in [1.165, 1.54) is 11.6 Å². The molecule has 0 amide bonds. The van der Waals surface area contributed by atoms with Gasteiger partial charge in [-0.2, -0.15) is 0 Å². The summed E-state index contributed by atoms with van der Waals surface area (Å²) < 4.78 is 40.6. The highest BCUT2D eigenvalue weighted by molar-refractivity contribution is 5.87. The number of rotatable bonds is 13. The van der Waals surface area contributed by atoms with Crippen LogP contribution in [0, 0.1) is 5.92 Å². The summed E-state index contributed by atoms with van der Waals surface area (Å²) in [5.74, 6) is 0.785. The number of hydrogen-bond donors (Lipinski definition) is 0.